The predicted octanol–water partition coefficient (Wildman–Crippen LogP) is 15.4. The zero-order chi connectivity index (χ0) is 37.0. The van der Waals surface area contributed by atoms with Crippen LogP contribution in [0.15, 0.2) is 191 Å². The molecule has 6 heteroatoms. The van der Waals surface area contributed by atoms with E-state index in [0.29, 0.717) is 0 Å². The van der Waals surface area contributed by atoms with E-state index in [1.165, 1.54) is 65.3 Å². The molecule has 0 aliphatic rings. The smallest absolute Gasteiger partial charge is 0.0796 e. The third kappa shape index (κ3) is 7.63. The molecule has 2 nitrogen and oxygen atoms in total. The van der Waals surface area contributed by atoms with Crippen LogP contribution in [0, 0.1) is 0 Å². The number of fused-ring (bicyclic) bond motifs is 4. The molecule has 0 atom stereocenters. The standard InChI is InChI=1S/2C23H15O.C2H6Si.2ClH.Zr/c2*1-2-9-19-16(6-1)7-3-10-20(19)21-11-4-8-17-14-18(15-22(17)21)23-12-5-13-24-23;1-3-2;;;/h2*1-15H;1-2H3;2*1H;/q2*-1;;;;+2/p-2. The fourth-order valence-electron chi connectivity index (χ4n) is 7.03. The summed E-state index contributed by atoms with van der Waals surface area (Å²) < 4.78 is 11.1. The van der Waals surface area contributed by atoms with E-state index in [-0.39, 0.29) is 5.43 Å². The first kappa shape index (κ1) is 36.3. The van der Waals surface area contributed by atoms with Crippen LogP contribution >= 0.6 is 17.0 Å². The van der Waals surface area contributed by atoms with E-state index < -0.39 is 18.0 Å². The number of halogens is 2. The van der Waals surface area contributed by atoms with Gasteiger partial charge in [0.15, 0.2) is 0 Å². The molecule has 2 aromatic heterocycles. The minimum absolute atomic E-state index is 0.224. The van der Waals surface area contributed by atoms with Gasteiger partial charge in [0.25, 0.3) is 0 Å². The van der Waals surface area contributed by atoms with E-state index >= 15 is 0 Å². The van der Waals surface area contributed by atoms with E-state index in [2.05, 4.69) is 159 Å². The first-order chi connectivity index (χ1) is 26.4. The average molecular weight is 835 g/mol. The van der Waals surface area contributed by atoms with Gasteiger partial charge in [0.2, 0.25) is 0 Å². The second kappa shape index (κ2) is 16.3. The molecule has 0 aliphatic heterocycles. The third-order valence-electron chi connectivity index (χ3n) is 9.65. The maximum Gasteiger partial charge on any atom is 0.0796 e. The van der Waals surface area contributed by atoms with Crippen molar-refractivity contribution in [3.8, 4) is 44.9 Å². The molecule has 0 N–H and O–H groups in total. The Balaban J connectivity index is 0.000000134. The minimum Gasteiger partial charge on any atom is -0.499 e. The molecule has 54 heavy (non-hydrogen) atoms. The molecular weight excluding hydrogens is 799 g/mol. The maximum absolute atomic E-state index is 5.62. The van der Waals surface area contributed by atoms with Gasteiger partial charge < -0.3 is 8.83 Å². The topological polar surface area (TPSA) is 26.3 Å². The second-order valence-corrected chi connectivity index (χ2v) is 36.4. The van der Waals surface area contributed by atoms with Gasteiger partial charge in [-0.05, 0) is 44.8 Å². The Morgan fingerprint density at radius 2 is 0.815 bits per heavy atom. The average Bonchev–Trinajstić information content (AvgIpc) is 4.04. The molecule has 0 amide bonds. The Morgan fingerprint density at radius 3 is 1.20 bits per heavy atom. The number of rotatable bonds is 4. The van der Waals surface area contributed by atoms with E-state index in [1.54, 1.807) is 12.5 Å². The van der Waals surface area contributed by atoms with Crippen LogP contribution in [-0.2, 0) is 18.0 Å². The summed E-state index contributed by atoms with van der Waals surface area (Å²) in [5, 5.41) is 10.1. The number of hydrogen-bond acceptors (Lipinski definition) is 2. The molecule has 264 valence electrons. The van der Waals surface area contributed by atoms with Gasteiger partial charge >= 0.3 is 53.5 Å². The van der Waals surface area contributed by atoms with Crippen molar-refractivity contribution >= 4 is 65.5 Å². The Bertz CT molecular complexity index is 2660. The SMILES string of the molecule is C[Si](C)=[Zr]([Cl])[Cl].c1coc(-c2cc3c(-c4cccc5ccccc45)cccc3[cH-]2)c1.c1coc(-c2cc3c(-c4cccc5ccccc45)cccc3[cH-]2)c1. The fourth-order valence-corrected chi connectivity index (χ4v) is 7.03. The molecule has 0 radical (unpaired) electrons. The Kier molecular flexibility index (Phi) is 11.0. The van der Waals surface area contributed by atoms with Crippen LogP contribution in [0.4, 0.5) is 0 Å². The summed E-state index contributed by atoms with van der Waals surface area (Å²) in [6.45, 7) is 4.33. The predicted molar refractivity (Wildman–Crippen MR) is 230 cm³/mol. The third-order valence-corrected chi connectivity index (χ3v) is 29.4. The largest absolute Gasteiger partial charge is 0.499 e. The van der Waals surface area contributed by atoms with Gasteiger partial charge in [-0.2, -0.15) is 0 Å². The van der Waals surface area contributed by atoms with Gasteiger partial charge in [-0.3, -0.25) is 0 Å². The molecule has 0 unspecified atom stereocenters. The van der Waals surface area contributed by atoms with Crippen LogP contribution in [0.25, 0.3) is 88.0 Å². The molecule has 2 heterocycles. The molecule has 0 bridgehead atoms. The summed E-state index contributed by atoms with van der Waals surface area (Å²) in [4.78, 5) is 0. The van der Waals surface area contributed by atoms with Gasteiger partial charge in [-0.15, -0.1) is 57.9 Å². The van der Waals surface area contributed by atoms with Crippen molar-refractivity contribution in [3.63, 3.8) is 0 Å². The van der Waals surface area contributed by atoms with Crippen molar-refractivity contribution in [2.45, 2.75) is 13.1 Å². The van der Waals surface area contributed by atoms with Gasteiger partial charge in [-0.25, -0.2) is 0 Å². The van der Waals surface area contributed by atoms with Crippen LogP contribution in [0.5, 0.6) is 0 Å². The Labute approximate surface area is 330 Å². The van der Waals surface area contributed by atoms with Crippen LogP contribution in [0.2, 0.25) is 13.1 Å². The minimum atomic E-state index is -1.65. The Hall–Kier alpha value is -4.70. The van der Waals surface area contributed by atoms with E-state index in [1.807, 2.05) is 24.3 Å². The molecule has 0 aliphatic carbocycles. The van der Waals surface area contributed by atoms with Crippen molar-refractivity contribution in [3.05, 3.63) is 182 Å². The molecular formula is C48H36Cl2O2SiZr-2. The summed E-state index contributed by atoms with van der Waals surface area (Å²) in [5.41, 5.74) is 7.11. The van der Waals surface area contributed by atoms with Gasteiger partial charge in [0.1, 0.15) is 0 Å². The van der Waals surface area contributed by atoms with Gasteiger partial charge in [0.05, 0.1) is 24.0 Å². The zero-order valence-electron chi connectivity index (χ0n) is 29.9. The first-order valence-electron chi connectivity index (χ1n) is 17.9. The van der Waals surface area contributed by atoms with Crippen molar-refractivity contribution in [1.29, 1.82) is 0 Å². The molecule has 0 saturated carbocycles. The van der Waals surface area contributed by atoms with E-state index in [0.717, 1.165) is 22.6 Å². The molecule has 10 rings (SSSR count). The monoisotopic (exact) mass is 832 g/mol. The molecule has 0 fully saturated rings. The first-order valence-corrected chi connectivity index (χ1v) is 30.4. The summed E-state index contributed by atoms with van der Waals surface area (Å²) in [6.07, 6.45) is 3.44. The second-order valence-electron chi connectivity index (χ2n) is 13.4. The van der Waals surface area contributed by atoms with Gasteiger partial charge in [-0.1, -0.05) is 144 Å². The van der Waals surface area contributed by atoms with Crippen LogP contribution < -0.4 is 0 Å². The van der Waals surface area contributed by atoms with Crippen molar-refractivity contribution in [1.82, 2.24) is 0 Å². The van der Waals surface area contributed by atoms with Crippen LogP contribution in [0.3, 0.4) is 0 Å². The van der Waals surface area contributed by atoms with Crippen molar-refractivity contribution < 1.29 is 26.8 Å². The van der Waals surface area contributed by atoms with Gasteiger partial charge in [0, 0.05) is 0 Å². The molecule has 0 saturated heterocycles. The zero-order valence-corrected chi connectivity index (χ0v) is 34.9. The summed E-state index contributed by atoms with van der Waals surface area (Å²) in [6, 6.07) is 59.8. The Morgan fingerprint density at radius 1 is 0.444 bits per heavy atom. The molecule has 10 aromatic rings. The van der Waals surface area contributed by atoms with Crippen molar-refractivity contribution in [2.75, 3.05) is 0 Å². The summed E-state index contributed by atoms with van der Waals surface area (Å²) in [5.74, 6) is 1.82. The van der Waals surface area contributed by atoms with Crippen molar-refractivity contribution in [2.24, 2.45) is 0 Å². The van der Waals surface area contributed by atoms with E-state index in [9.17, 15) is 0 Å². The number of furan rings is 2. The summed E-state index contributed by atoms with van der Waals surface area (Å²) in [7, 11) is 11.2. The normalized spacial score (nSPS) is 11.0. The van der Waals surface area contributed by atoms with E-state index in [4.69, 9.17) is 25.9 Å². The summed E-state index contributed by atoms with van der Waals surface area (Å²) >= 11 is -1.65. The maximum atomic E-state index is 5.62. The van der Waals surface area contributed by atoms with Crippen LogP contribution in [0.1, 0.15) is 0 Å². The number of hydrogen-bond donors (Lipinski definition) is 0. The van der Waals surface area contributed by atoms with Crippen LogP contribution in [-0.4, -0.2) is 5.43 Å². The molecule has 8 aromatic carbocycles. The quantitative estimate of drug-likeness (QED) is 0.130. The number of benzene rings is 6. The fraction of sp³-hybridized carbons (Fsp3) is 0.0417. The molecule has 0 spiro atoms.